The zero-order chi connectivity index (χ0) is 16.9. The third kappa shape index (κ3) is 3.35. The van der Waals surface area contributed by atoms with Gasteiger partial charge in [-0.15, -0.1) is 0 Å². The van der Waals surface area contributed by atoms with Crippen LogP contribution in [0.25, 0.3) is 6.08 Å². The first kappa shape index (κ1) is 15.9. The zero-order valence-electron chi connectivity index (χ0n) is 13.6. The minimum Gasteiger partial charge on any atom is -0.497 e. The van der Waals surface area contributed by atoms with Crippen molar-refractivity contribution >= 4 is 11.9 Å². The summed E-state index contributed by atoms with van der Waals surface area (Å²) in [7, 11) is 3.14. The van der Waals surface area contributed by atoms with Gasteiger partial charge in [0.05, 0.1) is 14.2 Å². The molecule has 0 saturated heterocycles. The lowest BCUT2D eigenvalue weighted by Gasteiger charge is -2.20. The standard InChI is InChI=1S/C19H18O5/c1-21-15-5-3-4-14(12-15)16(20)7-6-13-10-17(22-2)19-18(11-13)23-8-9-24-19/h3-7,10-12H,8-9H2,1-2H3/b7-6+. The van der Waals surface area contributed by atoms with Crippen LogP contribution < -0.4 is 18.9 Å². The number of benzene rings is 2. The summed E-state index contributed by atoms with van der Waals surface area (Å²) in [6.07, 6.45) is 3.24. The van der Waals surface area contributed by atoms with Gasteiger partial charge in [-0.1, -0.05) is 18.2 Å². The number of ketones is 1. The number of carbonyl (C=O) groups excluding carboxylic acids is 1. The lowest BCUT2D eigenvalue weighted by molar-refractivity contribution is 0.104. The summed E-state index contributed by atoms with van der Waals surface area (Å²) in [5.74, 6) is 2.34. The highest BCUT2D eigenvalue weighted by Crippen LogP contribution is 2.40. The highest BCUT2D eigenvalue weighted by atomic mass is 16.6. The van der Waals surface area contributed by atoms with Crippen LogP contribution in [0.1, 0.15) is 15.9 Å². The molecule has 0 bridgehead atoms. The molecule has 1 aliphatic heterocycles. The highest BCUT2D eigenvalue weighted by Gasteiger charge is 2.17. The molecule has 1 heterocycles. The number of ether oxygens (including phenoxy) is 4. The van der Waals surface area contributed by atoms with Crippen molar-refractivity contribution in [1.29, 1.82) is 0 Å². The zero-order valence-corrected chi connectivity index (χ0v) is 13.6. The van der Waals surface area contributed by atoms with Crippen molar-refractivity contribution in [2.24, 2.45) is 0 Å². The van der Waals surface area contributed by atoms with Crippen LogP contribution in [-0.4, -0.2) is 33.2 Å². The van der Waals surface area contributed by atoms with Crippen LogP contribution in [0.3, 0.4) is 0 Å². The number of methoxy groups -OCH3 is 2. The Morgan fingerprint density at radius 3 is 2.71 bits per heavy atom. The summed E-state index contributed by atoms with van der Waals surface area (Å²) in [5, 5.41) is 0. The molecule has 0 spiro atoms. The van der Waals surface area contributed by atoms with Crippen molar-refractivity contribution in [2.45, 2.75) is 0 Å². The van der Waals surface area contributed by atoms with E-state index in [-0.39, 0.29) is 5.78 Å². The van der Waals surface area contributed by atoms with Gasteiger partial charge < -0.3 is 18.9 Å². The molecule has 0 atom stereocenters. The molecular formula is C19H18O5. The fraction of sp³-hybridized carbons (Fsp3) is 0.211. The van der Waals surface area contributed by atoms with E-state index in [1.165, 1.54) is 6.08 Å². The molecule has 0 aromatic heterocycles. The van der Waals surface area contributed by atoms with E-state index in [2.05, 4.69) is 0 Å². The predicted octanol–water partition coefficient (Wildman–Crippen LogP) is 3.37. The fourth-order valence-corrected chi connectivity index (χ4v) is 2.43. The van der Waals surface area contributed by atoms with Crippen molar-refractivity contribution in [1.82, 2.24) is 0 Å². The van der Waals surface area contributed by atoms with Crippen LogP contribution in [0.4, 0.5) is 0 Å². The van der Waals surface area contributed by atoms with E-state index in [0.717, 1.165) is 5.56 Å². The van der Waals surface area contributed by atoms with Crippen molar-refractivity contribution in [3.8, 4) is 23.0 Å². The molecule has 124 valence electrons. The van der Waals surface area contributed by atoms with Gasteiger partial charge in [0.15, 0.2) is 17.3 Å². The van der Waals surface area contributed by atoms with Gasteiger partial charge in [0.25, 0.3) is 0 Å². The Bertz CT molecular complexity index is 762. The molecule has 5 nitrogen and oxygen atoms in total. The number of hydrogen-bond acceptors (Lipinski definition) is 5. The minimum atomic E-state index is -0.109. The van der Waals surface area contributed by atoms with E-state index in [9.17, 15) is 4.79 Å². The largest absolute Gasteiger partial charge is 0.497 e. The molecule has 24 heavy (non-hydrogen) atoms. The second-order valence-corrected chi connectivity index (χ2v) is 5.18. The Hall–Kier alpha value is -2.95. The van der Waals surface area contributed by atoms with Gasteiger partial charge in [0.2, 0.25) is 5.75 Å². The molecule has 0 radical (unpaired) electrons. The molecular weight excluding hydrogens is 308 g/mol. The molecule has 0 N–H and O–H groups in total. The second-order valence-electron chi connectivity index (χ2n) is 5.18. The maximum absolute atomic E-state index is 12.3. The number of hydrogen-bond donors (Lipinski definition) is 0. The van der Waals surface area contributed by atoms with Crippen molar-refractivity contribution in [3.05, 3.63) is 53.6 Å². The minimum absolute atomic E-state index is 0.109. The first-order valence-electron chi connectivity index (χ1n) is 7.55. The topological polar surface area (TPSA) is 54.0 Å². The quantitative estimate of drug-likeness (QED) is 0.623. The van der Waals surface area contributed by atoms with E-state index in [0.29, 0.717) is 41.8 Å². The van der Waals surface area contributed by atoms with Crippen LogP contribution >= 0.6 is 0 Å². The average molecular weight is 326 g/mol. The molecule has 0 amide bonds. The monoisotopic (exact) mass is 326 g/mol. The summed E-state index contributed by atoms with van der Waals surface area (Å²) >= 11 is 0. The third-order valence-corrected chi connectivity index (χ3v) is 3.63. The molecule has 0 saturated carbocycles. The Balaban J connectivity index is 1.84. The summed E-state index contributed by atoms with van der Waals surface area (Å²) in [6, 6.07) is 10.7. The molecule has 3 rings (SSSR count). The number of allylic oxidation sites excluding steroid dienone is 1. The van der Waals surface area contributed by atoms with E-state index >= 15 is 0 Å². The number of carbonyl (C=O) groups is 1. The molecule has 2 aromatic carbocycles. The summed E-state index contributed by atoms with van der Waals surface area (Å²) < 4.78 is 21.6. The van der Waals surface area contributed by atoms with E-state index in [1.54, 1.807) is 44.6 Å². The molecule has 2 aromatic rings. The van der Waals surface area contributed by atoms with Gasteiger partial charge in [-0.3, -0.25) is 4.79 Å². The van der Waals surface area contributed by atoms with E-state index < -0.39 is 0 Å². The average Bonchev–Trinajstić information content (AvgIpc) is 2.65. The first-order valence-corrected chi connectivity index (χ1v) is 7.55. The summed E-state index contributed by atoms with van der Waals surface area (Å²) in [5.41, 5.74) is 1.36. The highest BCUT2D eigenvalue weighted by molar-refractivity contribution is 6.07. The lowest BCUT2D eigenvalue weighted by Crippen LogP contribution is -2.16. The lowest BCUT2D eigenvalue weighted by atomic mass is 10.1. The van der Waals surface area contributed by atoms with Gasteiger partial charge in [-0.05, 0) is 35.9 Å². The van der Waals surface area contributed by atoms with Gasteiger partial charge in [0.1, 0.15) is 19.0 Å². The molecule has 0 fully saturated rings. The Labute approximate surface area is 140 Å². The SMILES string of the molecule is COc1cccc(C(=O)/C=C/c2cc(OC)c3c(c2)OCCO3)c1. The van der Waals surface area contributed by atoms with Gasteiger partial charge in [0, 0.05) is 5.56 Å². The van der Waals surface area contributed by atoms with Crippen molar-refractivity contribution in [3.63, 3.8) is 0 Å². The number of fused-ring (bicyclic) bond motifs is 1. The number of rotatable bonds is 5. The molecule has 5 heteroatoms. The Kier molecular flexibility index (Phi) is 4.70. The molecule has 0 aliphatic carbocycles. The summed E-state index contributed by atoms with van der Waals surface area (Å²) in [6.45, 7) is 0.985. The van der Waals surface area contributed by atoms with E-state index in [4.69, 9.17) is 18.9 Å². The third-order valence-electron chi connectivity index (χ3n) is 3.63. The van der Waals surface area contributed by atoms with Crippen LogP contribution in [0.15, 0.2) is 42.5 Å². The van der Waals surface area contributed by atoms with Gasteiger partial charge >= 0.3 is 0 Å². The van der Waals surface area contributed by atoms with Crippen molar-refractivity contribution in [2.75, 3.05) is 27.4 Å². The normalized spacial score (nSPS) is 12.9. The maximum Gasteiger partial charge on any atom is 0.203 e. The fourth-order valence-electron chi connectivity index (χ4n) is 2.43. The van der Waals surface area contributed by atoms with E-state index in [1.807, 2.05) is 12.1 Å². The second kappa shape index (κ2) is 7.08. The van der Waals surface area contributed by atoms with Gasteiger partial charge in [-0.25, -0.2) is 0 Å². The Morgan fingerprint density at radius 1 is 1.08 bits per heavy atom. The van der Waals surface area contributed by atoms with Crippen LogP contribution in [-0.2, 0) is 0 Å². The van der Waals surface area contributed by atoms with Crippen LogP contribution in [0, 0.1) is 0 Å². The van der Waals surface area contributed by atoms with Crippen LogP contribution in [0.5, 0.6) is 23.0 Å². The van der Waals surface area contributed by atoms with Crippen LogP contribution in [0.2, 0.25) is 0 Å². The van der Waals surface area contributed by atoms with Crippen molar-refractivity contribution < 1.29 is 23.7 Å². The maximum atomic E-state index is 12.3. The Morgan fingerprint density at radius 2 is 1.92 bits per heavy atom. The van der Waals surface area contributed by atoms with Gasteiger partial charge in [-0.2, -0.15) is 0 Å². The molecule has 0 unspecified atom stereocenters. The first-order chi connectivity index (χ1) is 11.7. The summed E-state index contributed by atoms with van der Waals surface area (Å²) in [4.78, 5) is 12.3. The smallest absolute Gasteiger partial charge is 0.203 e. The molecule has 1 aliphatic rings. The predicted molar refractivity (Wildman–Crippen MR) is 90.3 cm³/mol.